The lowest BCUT2D eigenvalue weighted by Gasteiger charge is -2.44. The van der Waals surface area contributed by atoms with Crippen LogP contribution < -0.4 is 17.0 Å². The molecular formula is C25H43N3O8SSi2. The zero-order valence-corrected chi connectivity index (χ0v) is 27.4. The van der Waals surface area contributed by atoms with Crippen molar-refractivity contribution < 1.29 is 26.2 Å². The second kappa shape index (κ2) is 9.92. The van der Waals surface area contributed by atoms with Gasteiger partial charge in [0.2, 0.25) is 5.60 Å². The first kappa shape index (κ1) is 31.7. The van der Waals surface area contributed by atoms with Crippen LogP contribution in [0.3, 0.4) is 0 Å². The number of hydrogen-bond acceptors (Lipinski definition) is 9. The summed E-state index contributed by atoms with van der Waals surface area (Å²) in [5, 5.41) is 0.263. The fourth-order valence-electron chi connectivity index (χ4n) is 3.98. The first-order valence-corrected chi connectivity index (χ1v) is 20.2. The van der Waals surface area contributed by atoms with Gasteiger partial charge in [0.1, 0.15) is 6.10 Å². The van der Waals surface area contributed by atoms with Gasteiger partial charge in [-0.25, -0.2) is 8.98 Å². The highest BCUT2D eigenvalue weighted by molar-refractivity contribution is 7.90. The summed E-state index contributed by atoms with van der Waals surface area (Å²) >= 11 is 0. The molecule has 1 unspecified atom stereocenters. The van der Waals surface area contributed by atoms with E-state index in [2.05, 4.69) is 6.58 Å². The number of nitrogens with two attached hydrogens (primary N) is 1. The molecule has 3 heterocycles. The third-order valence-electron chi connectivity index (χ3n) is 8.39. The Morgan fingerprint density at radius 3 is 2.08 bits per heavy atom. The Morgan fingerprint density at radius 2 is 1.62 bits per heavy atom. The Balaban J connectivity index is 2.33. The molecule has 0 aliphatic carbocycles. The van der Waals surface area contributed by atoms with Crippen LogP contribution in [0.5, 0.6) is 0 Å². The molecule has 14 heteroatoms. The summed E-state index contributed by atoms with van der Waals surface area (Å²) in [6.45, 7) is 23.7. The predicted molar refractivity (Wildman–Crippen MR) is 154 cm³/mol. The van der Waals surface area contributed by atoms with Gasteiger partial charge >= 0.3 is 5.69 Å². The van der Waals surface area contributed by atoms with Gasteiger partial charge in [-0.1, -0.05) is 47.6 Å². The average Bonchev–Trinajstić information content (AvgIpc) is 3.16. The molecule has 2 aliphatic heterocycles. The molecule has 0 radical (unpaired) electrons. The summed E-state index contributed by atoms with van der Waals surface area (Å²) in [5.74, 6) is 0. The predicted octanol–water partition coefficient (Wildman–Crippen LogP) is 3.36. The van der Waals surface area contributed by atoms with Crippen LogP contribution in [0.15, 0.2) is 45.6 Å². The summed E-state index contributed by atoms with van der Waals surface area (Å²) in [5.41, 5.74) is 3.24. The highest BCUT2D eigenvalue weighted by Crippen LogP contribution is 2.53. The van der Waals surface area contributed by atoms with Gasteiger partial charge in [0, 0.05) is 18.8 Å². The fourth-order valence-corrected chi connectivity index (χ4v) is 7.57. The van der Waals surface area contributed by atoms with E-state index in [1.807, 2.05) is 67.7 Å². The molecule has 2 N–H and O–H groups in total. The van der Waals surface area contributed by atoms with Gasteiger partial charge in [-0.3, -0.25) is 13.9 Å². The largest absolute Gasteiger partial charge is 0.406 e. The lowest BCUT2D eigenvalue weighted by Crippen LogP contribution is -2.60. The van der Waals surface area contributed by atoms with Gasteiger partial charge in [0.25, 0.3) is 15.7 Å². The van der Waals surface area contributed by atoms with Gasteiger partial charge in [-0.05, 0) is 36.3 Å². The Kier molecular flexibility index (Phi) is 8.07. The summed E-state index contributed by atoms with van der Waals surface area (Å²) in [4.78, 5) is 26.0. The van der Waals surface area contributed by atoms with Crippen molar-refractivity contribution >= 4 is 26.8 Å². The standard InChI is InChI=1S/C25H43N3O8SSi2/c1-12-14-27-18(29)13-15-28(22(27)30)20-19(34-38(8,9)23(2,3)4)25(17(26)16-37(31,32)36-25)21(33-20)35-39(10,11)24(5,6)7/h12-13,15-16,19-21H,1,14,26H2,2-11H3/t19-,20+,21+,25?/m0/s1. The summed E-state index contributed by atoms with van der Waals surface area (Å²) in [7, 11) is -9.53. The molecule has 1 saturated heterocycles. The average molecular weight is 602 g/mol. The summed E-state index contributed by atoms with van der Waals surface area (Å²) in [6.07, 6.45) is -1.00. The third-order valence-corrected chi connectivity index (χ3v) is 18.3. The SMILES string of the molecule is C=CCn1c(=O)ccn([C@@H]2O[C@H](O[Si](C)(C)C(C)(C)C)C3(OS(=O)(=O)C=C3N)[C@H]2O[Si](C)(C)C(C)(C)C)c1=O. The second-order valence-corrected chi connectivity index (χ2v) is 24.1. The van der Waals surface area contributed by atoms with E-state index >= 15 is 0 Å². The smallest absolute Gasteiger partial charge is 0.333 e. The highest BCUT2D eigenvalue weighted by Gasteiger charge is 2.69. The molecule has 0 saturated carbocycles. The van der Waals surface area contributed by atoms with Crippen LogP contribution in [0.2, 0.25) is 36.3 Å². The molecule has 0 bridgehead atoms. The Hall–Kier alpha value is -1.82. The zero-order chi connectivity index (χ0) is 30.0. The van der Waals surface area contributed by atoms with Crippen molar-refractivity contribution in [1.29, 1.82) is 0 Å². The molecule has 1 aromatic rings. The van der Waals surface area contributed by atoms with E-state index in [4.69, 9.17) is 23.5 Å². The maximum absolute atomic E-state index is 13.6. The van der Waals surface area contributed by atoms with Crippen molar-refractivity contribution in [2.24, 2.45) is 5.73 Å². The van der Waals surface area contributed by atoms with Crippen LogP contribution in [-0.4, -0.2) is 52.2 Å². The molecule has 39 heavy (non-hydrogen) atoms. The molecule has 1 aromatic heterocycles. The maximum atomic E-state index is 13.6. The number of aromatic nitrogens is 2. The third kappa shape index (κ3) is 5.56. The molecule has 0 amide bonds. The minimum Gasteiger partial charge on any atom is -0.406 e. The number of allylic oxidation sites excluding steroid dienone is 1. The topological polar surface area (TPSA) is 141 Å². The zero-order valence-electron chi connectivity index (χ0n) is 24.6. The van der Waals surface area contributed by atoms with E-state index < -0.39 is 62.2 Å². The molecule has 2 aliphatic rings. The van der Waals surface area contributed by atoms with E-state index in [0.717, 1.165) is 9.98 Å². The van der Waals surface area contributed by atoms with E-state index in [1.165, 1.54) is 22.9 Å². The van der Waals surface area contributed by atoms with E-state index in [1.54, 1.807) is 0 Å². The van der Waals surface area contributed by atoms with Crippen LogP contribution in [-0.2, 0) is 34.4 Å². The quantitative estimate of drug-likeness (QED) is 0.283. The van der Waals surface area contributed by atoms with Crippen LogP contribution in [0.4, 0.5) is 0 Å². The first-order chi connectivity index (χ1) is 17.5. The second-order valence-electron chi connectivity index (χ2n) is 13.2. The molecule has 3 rings (SSSR count). The molecule has 220 valence electrons. The summed E-state index contributed by atoms with van der Waals surface area (Å²) in [6, 6.07) is 1.23. The number of ether oxygens (including phenoxy) is 1. The molecule has 1 spiro atoms. The van der Waals surface area contributed by atoms with Gasteiger partial charge in [-0.2, -0.15) is 8.42 Å². The van der Waals surface area contributed by atoms with Crippen LogP contribution in [0.1, 0.15) is 47.8 Å². The van der Waals surface area contributed by atoms with E-state index in [0.29, 0.717) is 0 Å². The van der Waals surface area contributed by atoms with E-state index in [9.17, 15) is 18.0 Å². The van der Waals surface area contributed by atoms with Crippen LogP contribution in [0.25, 0.3) is 0 Å². The monoisotopic (exact) mass is 601 g/mol. The number of hydrogen-bond donors (Lipinski definition) is 1. The Bertz CT molecular complexity index is 1390. The van der Waals surface area contributed by atoms with Crippen LogP contribution >= 0.6 is 0 Å². The highest BCUT2D eigenvalue weighted by atomic mass is 32.2. The fraction of sp³-hybridized carbons (Fsp3) is 0.680. The molecule has 0 aromatic carbocycles. The van der Waals surface area contributed by atoms with Crippen LogP contribution in [0, 0.1) is 0 Å². The van der Waals surface area contributed by atoms with Crippen molar-refractivity contribution in [2.45, 2.75) is 109 Å². The van der Waals surface area contributed by atoms with Crippen molar-refractivity contribution in [3.8, 4) is 0 Å². The van der Waals surface area contributed by atoms with Crippen molar-refractivity contribution in [2.75, 3.05) is 0 Å². The van der Waals surface area contributed by atoms with E-state index in [-0.39, 0.29) is 22.3 Å². The molecule has 1 fully saturated rings. The Labute approximate surface area is 233 Å². The summed E-state index contributed by atoms with van der Waals surface area (Å²) < 4.78 is 53.6. The normalized spacial score (nSPS) is 27.6. The molecular weight excluding hydrogens is 559 g/mol. The lowest BCUT2D eigenvalue weighted by molar-refractivity contribution is -0.147. The minimum atomic E-state index is -4.23. The number of nitrogens with zero attached hydrogens (tertiary/aromatic N) is 2. The minimum absolute atomic E-state index is 0.0268. The lowest BCUT2D eigenvalue weighted by atomic mass is 9.94. The van der Waals surface area contributed by atoms with Gasteiger partial charge in [-0.15, -0.1) is 6.58 Å². The molecule has 11 nitrogen and oxygen atoms in total. The first-order valence-electron chi connectivity index (χ1n) is 12.9. The number of rotatable bonds is 7. The van der Waals surface area contributed by atoms with Crippen molar-refractivity contribution in [3.05, 3.63) is 56.9 Å². The van der Waals surface area contributed by atoms with Gasteiger partial charge < -0.3 is 19.3 Å². The van der Waals surface area contributed by atoms with Crippen molar-refractivity contribution in [3.63, 3.8) is 0 Å². The van der Waals surface area contributed by atoms with Gasteiger partial charge in [0.15, 0.2) is 29.2 Å². The van der Waals surface area contributed by atoms with Gasteiger partial charge in [0.05, 0.1) is 11.1 Å². The maximum Gasteiger partial charge on any atom is 0.333 e. The Morgan fingerprint density at radius 1 is 1.08 bits per heavy atom. The van der Waals surface area contributed by atoms with Crippen molar-refractivity contribution in [1.82, 2.24) is 9.13 Å². The molecule has 4 atom stereocenters.